The van der Waals surface area contributed by atoms with Crippen molar-refractivity contribution in [3.05, 3.63) is 0 Å². The number of ether oxygens (including phenoxy) is 2. The lowest BCUT2D eigenvalue weighted by Gasteiger charge is -2.11. The summed E-state index contributed by atoms with van der Waals surface area (Å²) in [5.41, 5.74) is 0. The van der Waals surface area contributed by atoms with Crippen LogP contribution in [0.1, 0.15) is 46.5 Å². The Hall–Kier alpha value is -1.30. The molecule has 0 amide bonds. The molecule has 2 N–H and O–H groups in total. The van der Waals surface area contributed by atoms with E-state index in [1.54, 1.807) is 0 Å². The highest BCUT2D eigenvalue weighted by Gasteiger charge is 2.00. The first kappa shape index (κ1) is 20.7. The smallest absolute Gasteiger partial charge is 0.305 e. The quantitative estimate of drug-likeness (QED) is 0.249. The maximum absolute atomic E-state index is 11.0. The van der Waals surface area contributed by atoms with E-state index < -0.39 is 0 Å². The summed E-state index contributed by atoms with van der Waals surface area (Å²) in [6.45, 7) is 10.3. The molecule has 0 aliphatic rings. The molecule has 0 aromatic heterocycles. The zero-order chi connectivity index (χ0) is 16.6. The lowest BCUT2D eigenvalue weighted by molar-refractivity contribution is -0.140. The lowest BCUT2D eigenvalue weighted by atomic mass is 10.2. The molecule has 0 rings (SSSR count). The van der Waals surface area contributed by atoms with Crippen LogP contribution in [0.3, 0.4) is 0 Å². The minimum Gasteiger partial charge on any atom is -0.469 e. The van der Waals surface area contributed by atoms with Gasteiger partial charge in [0.25, 0.3) is 0 Å². The minimum atomic E-state index is -0.151. The van der Waals surface area contributed by atoms with Crippen molar-refractivity contribution in [2.45, 2.75) is 46.5 Å². The summed E-state index contributed by atoms with van der Waals surface area (Å²) in [7, 11) is 1.42. The van der Waals surface area contributed by atoms with Gasteiger partial charge >= 0.3 is 5.97 Å². The molecule has 0 atom stereocenters. The molecule has 0 saturated heterocycles. The van der Waals surface area contributed by atoms with E-state index in [1.807, 2.05) is 6.92 Å². The van der Waals surface area contributed by atoms with Gasteiger partial charge in [0.15, 0.2) is 5.96 Å². The van der Waals surface area contributed by atoms with Crippen LogP contribution in [0.2, 0.25) is 0 Å². The monoisotopic (exact) mass is 315 g/mol. The number of esters is 1. The number of carbonyl (C=O) groups excluding carboxylic acids is 1. The predicted molar refractivity (Wildman–Crippen MR) is 90.1 cm³/mol. The number of guanidine groups is 1. The maximum Gasteiger partial charge on any atom is 0.305 e. The summed E-state index contributed by atoms with van der Waals surface area (Å²) < 4.78 is 10.1. The van der Waals surface area contributed by atoms with Crippen molar-refractivity contribution < 1.29 is 14.3 Å². The summed E-state index contributed by atoms with van der Waals surface area (Å²) >= 11 is 0. The molecular formula is C16H33N3O3. The molecule has 130 valence electrons. The highest BCUT2D eigenvalue weighted by molar-refractivity contribution is 5.79. The number of carbonyl (C=O) groups is 1. The molecule has 0 aromatic carbocycles. The first-order chi connectivity index (χ1) is 10.6. The molecule has 0 radical (unpaired) electrons. The number of unbranched alkanes of at least 4 members (excludes halogenated alkanes) is 1. The maximum atomic E-state index is 11.0. The SMILES string of the molecule is CCNC(=NCCCOCC(C)C)NCCCCC(=O)OC. The van der Waals surface area contributed by atoms with Gasteiger partial charge in [-0.15, -0.1) is 0 Å². The molecule has 6 nitrogen and oxygen atoms in total. The van der Waals surface area contributed by atoms with Gasteiger partial charge in [0, 0.05) is 39.3 Å². The molecule has 0 aromatic rings. The van der Waals surface area contributed by atoms with Crippen LogP contribution in [-0.2, 0) is 14.3 Å². The molecule has 0 aliphatic heterocycles. The fourth-order valence-corrected chi connectivity index (χ4v) is 1.72. The summed E-state index contributed by atoms with van der Waals surface area (Å²) in [4.78, 5) is 15.5. The van der Waals surface area contributed by atoms with Crippen LogP contribution in [0, 0.1) is 5.92 Å². The van der Waals surface area contributed by atoms with Crippen molar-refractivity contribution in [3.8, 4) is 0 Å². The molecule has 0 aliphatic carbocycles. The Morgan fingerprint density at radius 3 is 2.59 bits per heavy atom. The van der Waals surface area contributed by atoms with Gasteiger partial charge in [-0.3, -0.25) is 9.79 Å². The van der Waals surface area contributed by atoms with Crippen molar-refractivity contribution in [2.24, 2.45) is 10.9 Å². The number of methoxy groups -OCH3 is 1. The van der Waals surface area contributed by atoms with Gasteiger partial charge in [-0.05, 0) is 32.1 Å². The van der Waals surface area contributed by atoms with Crippen molar-refractivity contribution in [2.75, 3.05) is 40.0 Å². The molecule has 22 heavy (non-hydrogen) atoms. The Labute approximate surface area is 135 Å². The number of aliphatic imine (C=N–C) groups is 1. The van der Waals surface area contributed by atoms with Crippen molar-refractivity contribution in [3.63, 3.8) is 0 Å². The van der Waals surface area contributed by atoms with E-state index >= 15 is 0 Å². The fraction of sp³-hybridized carbons (Fsp3) is 0.875. The van der Waals surface area contributed by atoms with E-state index in [-0.39, 0.29) is 5.97 Å². The number of hydrogen-bond acceptors (Lipinski definition) is 4. The third-order valence-electron chi connectivity index (χ3n) is 2.84. The Balaban J connectivity index is 3.74. The third kappa shape index (κ3) is 13.7. The summed E-state index contributed by atoms with van der Waals surface area (Å²) in [5, 5.41) is 6.48. The molecule has 0 bridgehead atoms. The van der Waals surface area contributed by atoms with Crippen LogP contribution in [0.15, 0.2) is 4.99 Å². The number of hydrogen-bond donors (Lipinski definition) is 2. The van der Waals surface area contributed by atoms with E-state index in [1.165, 1.54) is 7.11 Å². The Kier molecular flexibility index (Phi) is 13.8. The van der Waals surface area contributed by atoms with E-state index in [0.29, 0.717) is 12.3 Å². The summed E-state index contributed by atoms with van der Waals surface area (Å²) in [5.74, 6) is 1.25. The zero-order valence-corrected chi connectivity index (χ0v) is 14.6. The van der Waals surface area contributed by atoms with E-state index in [0.717, 1.165) is 58.1 Å². The topological polar surface area (TPSA) is 72.0 Å². The van der Waals surface area contributed by atoms with Crippen LogP contribution in [0.25, 0.3) is 0 Å². The second kappa shape index (κ2) is 14.6. The summed E-state index contributed by atoms with van der Waals surface area (Å²) in [6, 6.07) is 0. The number of nitrogens with one attached hydrogen (secondary N) is 2. The fourth-order valence-electron chi connectivity index (χ4n) is 1.72. The second-order valence-corrected chi connectivity index (χ2v) is 5.54. The van der Waals surface area contributed by atoms with Gasteiger partial charge in [0.05, 0.1) is 7.11 Å². The molecule has 0 spiro atoms. The first-order valence-electron chi connectivity index (χ1n) is 8.26. The number of nitrogens with zero attached hydrogens (tertiary/aromatic N) is 1. The van der Waals surface area contributed by atoms with Crippen molar-refractivity contribution >= 4 is 11.9 Å². The van der Waals surface area contributed by atoms with Crippen molar-refractivity contribution in [1.82, 2.24) is 10.6 Å². The first-order valence-corrected chi connectivity index (χ1v) is 8.26. The molecule has 6 heteroatoms. The Morgan fingerprint density at radius 2 is 1.95 bits per heavy atom. The van der Waals surface area contributed by atoms with E-state index in [2.05, 4.69) is 34.2 Å². The molecule has 0 saturated carbocycles. The highest BCUT2D eigenvalue weighted by Crippen LogP contribution is 1.96. The average Bonchev–Trinajstić information content (AvgIpc) is 2.49. The predicted octanol–water partition coefficient (Wildman–Crippen LogP) is 1.95. The van der Waals surface area contributed by atoms with E-state index in [9.17, 15) is 4.79 Å². The van der Waals surface area contributed by atoms with E-state index in [4.69, 9.17) is 4.74 Å². The van der Waals surface area contributed by atoms with Crippen LogP contribution < -0.4 is 10.6 Å². The Bertz CT molecular complexity index is 307. The molecular weight excluding hydrogens is 282 g/mol. The van der Waals surface area contributed by atoms with Gasteiger partial charge in [-0.2, -0.15) is 0 Å². The third-order valence-corrected chi connectivity index (χ3v) is 2.84. The molecule has 0 fully saturated rings. The minimum absolute atomic E-state index is 0.151. The van der Waals surface area contributed by atoms with Gasteiger partial charge < -0.3 is 20.1 Å². The normalized spacial score (nSPS) is 11.6. The van der Waals surface area contributed by atoms with Crippen LogP contribution in [0.5, 0.6) is 0 Å². The molecule has 0 unspecified atom stereocenters. The van der Waals surface area contributed by atoms with Gasteiger partial charge in [-0.25, -0.2) is 0 Å². The summed E-state index contributed by atoms with van der Waals surface area (Å²) in [6.07, 6.45) is 3.13. The average molecular weight is 315 g/mol. The van der Waals surface area contributed by atoms with Gasteiger partial charge in [-0.1, -0.05) is 13.8 Å². The largest absolute Gasteiger partial charge is 0.469 e. The Morgan fingerprint density at radius 1 is 1.18 bits per heavy atom. The second-order valence-electron chi connectivity index (χ2n) is 5.54. The highest BCUT2D eigenvalue weighted by atomic mass is 16.5. The van der Waals surface area contributed by atoms with Gasteiger partial charge in [0.1, 0.15) is 0 Å². The number of rotatable bonds is 12. The van der Waals surface area contributed by atoms with Gasteiger partial charge in [0.2, 0.25) is 0 Å². The lowest BCUT2D eigenvalue weighted by Crippen LogP contribution is -2.38. The zero-order valence-electron chi connectivity index (χ0n) is 14.6. The standard InChI is InChI=1S/C16H33N3O3/c1-5-17-16(18-10-7-6-9-15(20)21-4)19-11-8-12-22-13-14(2)3/h14H,5-13H2,1-4H3,(H2,17,18,19). The van der Waals surface area contributed by atoms with Crippen LogP contribution in [0.4, 0.5) is 0 Å². The van der Waals surface area contributed by atoms with Crippen LogP contribution in [-0.4, -0.2) is 51.9 Å². The van der Waals surface area contributed by atoms with Crippen molar-refractivity contribution in [1.29, 1.82) is 0 Å². The molecule has 0 heterocycles. The van der Waals surface area contributed by atoms with Crippen LogP contribution >= 0.6 is 0 Å².